The molecule has 6 nitrogen and oxygen atoms in total. The van der Waals surface area contributed by atoms with Gasteiger partial charge in [0.15, 0.2) is 6.10 Å². The maximum atomic E-state index is 12.7. The Hall–Kier alpha value is -2.89. The molecule has 0 aliphatic rings. The third-order valence-corrected chi connectivity index (χ3v) is 11.0. The molecule has 0 saturated heterocycles. The first-order chi connectivity index (χ1) is 30.0. The van der Waals surface area contributed by atoms with Crippen molar-refractivity contribution in [1.82, 2.24) is 0 Å². The first-order valence-electron chi connectivity index (χ1n) is 25.8. The van der Waals surface area contributed by atoms with Crippen molar-refractivity contribution in [2.75, 3.05) is 13.2 Å². The van der Waals surface area contributed by atoms with Gasteiger partial charge in [-0.05, 0) is 83.5 Å². The highest BCUT2D eigenvalue weighted by Crippen LogP contribution is 2.15. The zero-order valence-corrected chi connectivity index (χ0v) is 40.2. The van der Waals surface area contributed by atoms with Crippen LogP contribution >= 0.6 is 0 Å². The van der Waals surface area contributed by atoms with Crippen LogP contribution in [0.25, 0.3) is 0 Å². The molecule has 6 heteroatoms. The summed E-state index contributed by atoms with van der Waals surface area (Å²) >= 11 is 0. The van der Waals surface area contributed by atoms with E-state index in [4.69, 9.17) is 14.2 Å². The van der Waals surface area contributed by atoms with Crippen LogP contribution in [0, 0.1) is 0 Å². The number of carbonyl (C=O) groups is 3. The predicted octanol–water partition coefficient (Wildman–Crippen LogP) is 16.9. The Labute approximate surface area is 377 Å². The lowest BCUT2D eigenvalue weighted by molar-refractivity contribution is -0.167. The second kappa shape index (κ2) is 49.8. The van der Waals surface area contributed by atoms with Crippen LogP contribution < -0.4 is 0 Å². The quantitative estimate of drug-likeness (QED) is 0.0263. The maximum absolute atomic E-state index is 12.7. The van der Waals surface area contributed by atoms with Gasteiger partial charge in [0.25, 0.3) is 0 Å². The molecule has 0 N–H and O–H groups in total. The number of ether oxygens (including phenoxy) is 3. The van der Waals surface area contributed by atoms with Crippen molar-refractivity contribution in [3.05, 3.63) is 60.8 Å². The Kier molecular flexibility index (Phi) is 47.4. The van der Waals surface area contributed by atoms with E-state index in [-0.39, 0.29) is 31.1 Å². The molecule has 0 aromatic heterocycles. The first kappa shape index (κ1) is 58.1. The zero-order valence-electron chi connectivity index (χ0n) is 40.2. The van der Waals surface area contributed by atoms with E-state index < -0.39 is 6.10 Å². The summed E-state index contributed by atoms with van der Waals surface area (Å²) in [6.45, 7) is 6.44. The van der Waals surface area contributed by atoms with Crippen LogP contribution in [0.4, 0.5) is 0 Å². The summed E-state index contributed by atoms with van der Waals surface area (Å²) in [5.74, 6) is -0.895. The van der Waals surface area contributed by atoms with Crippen LogP contribution in [0.15, 0.2) is 60.8 Å². The number of allylic oxidation sites excluding steroid dienone is 10. The van der Waals surface area contributed by atoms with Crippen LogP contribution in [-0.2, 0) is 28.6 Å². The maximum Gasteiger partial charge on any atom is 0.306 e. The monoisotopic (exact) mass is 853 g/mol. The van der Waals surface area contributed by atoms with Crippen molar-refractivity contribution in [1.29, 1.82) is 0 Å². The van der Waals surface area contributed by atoms with E-state index in [1.807, 2.05) is 0 Å². The van der Waals surface area contributed by atoms with Crippen LogP contribution in [0.1, 0.15) is 252 Å². The van der Waals surface area contributed by atoms with E-state index in [1.54, 1.807) is 0 Å². The second-order valence-electron chi connectivity index (χ2n) is 17.1. The first-order valence-corrected chi connectivity index (χ1v) is 25.8. The highest BCUT2D eigenvalue weighted by atomic mass is 16.6. The molecule has 0 aromatic rings. The van der Waals surface area contributed by atoms with E-state index in [0.717, 1.165) is 96.3 Å². The van der Waals surface area contributed by atoms with E-state index in [0.29, 0.717) is 19.3 Å². The summed E-state index contributed by atoms with van der Waals surface area (Å²) in [7, 11) is 0. The van der Waals surface area contributed by atoms with Gasteiger partial charge < -0.3 is 14.2 Å². The molecule has 0 spiro atoms. The molecule has 0 heterocycles. The summed E-state index contributed by atoms with van der Waals surface area (Å²) in [5.41, 5.74) is 0. The molecule has 352 valence electrons. The number of hydrogen-bond acceptors (Lipinski definition) is 6. The fraction of sp³-hybridized carbons (Fsp3) is 0.764. The second-order valence-corrected chi connectivity index (χ2v) is 17.1. The van der Waals surface area contributed by atoms with Crippen molar-refractivity contribution in [2.24, 2.45) is 0 Å². The van der Waals surface area contributed by atoms with Crippen molar-refractivity contribution >= 4 is 17.9 Å². The molecule has 0 bridgehead atoms. The van der Waals surface area contributed by atoms with E-state index in [2.05, 4.69) is 81.5 Å². The molecule has 0 amide bonds. The lowest BCUT2D eigenvalue weighted by Crippen LogP contribution is -2.30. The van der Waals surface area contributed by atoms with Gasteiger partial charge in [-0.3, -0.25) is 14.4 Å². The number of carbonyl (C=O) groups excluding carboxylic acids is 3. The molecule has 1 unspecified atom stereocenters. The molecule has 0 fully saturated rings. The summed E-state index contributed by atoms with van der Waals surface area (Å²) in [5, 5.41) is 0. The minimum absolute atomic E-state index is 0.0771. The van der Waals surface area contributed by atoms with E-state index in [1.165, 1.54) is 116 Å². The third kappa shape index (κ3) is 48.0. The van der Waals surface area contributed by atoms with Gasteiger partial charge in [-0.1, -0.05) is 210 Å². The Bertz CT molecular complexity index is 1120. The lowest BCUT2D eigenvalue weighted by Gasteiger charge is -2.18. The van der Waals surface area contributed by atoms with Crippen molar-refractivity contribution in [2.45, 2.75) is 258 Å². The van der Waals surface area contributed by atoms with Gasteiger partial charge in [0, 0.05) is 19.3 Å². The standard InChI is InChI=1S/C55H96O6/c1-4-7-10-13-16-18-20-22-23-24-25-26-27-28-29-30-31-32-33-34-36-37-39-42-45-48-54(57)60-51-52(50-59-53(56)47-44-41-15-12-9-6-3)61-55(58)49-46-43-40-38-35-21-19-17-14-11-8-5-2/h7,10,16-19,22-23,25-26,52H,4-6,8-9,11-15,20-21,24,27-51H2,1-3H3/b10-7-,18-16-,19-17-,23-22-,26-25-. The van der Waals surface area contributed by atoms with Gasteiger partial charge in [-0.2, -0.15) is 0 Å². The molecule has 0 aromatic carbocycles. The highest BCUT2D eigenvalue weighted by molar-refractivity contribution is 5.71. The Morgan fingerprint density at radius 1 is 0.344 bits per heavy atom. The number of unbranched alkanes of at least 4 members (excludes halogenated alkanes) is 25. The summed E-state index contributed by atoms with van der Waals surface area (Å²) in [4.78, 5) is 37.7. The smallest absolute Gasteiger partial charge is 0.306 e. The summed E-state index contributed by atoms with van der Waals surface area (Å²) < 4.78 is 16.7. The molecule has 0 aliphatic heterocycles. The Morgan fingerprint density at radius 3 is 1.05 bits per heavy atom. The lowest BCUT2D eigenvalue weighted by atomic mass is 10.0. The Balaban J connectivity index is 4.10. The summed E-state index contributed by atoms with van der Waals surface area (Å²) in [6.07, 6.45) is 61.0. The van der Waals surface area contributed by atoms with Gasteiger partial charge in [-0.25, -0.2) is 0 Å². The van der Waals surface area contributed by atoms with Gasteiger partial charge in [0.1, 0.15) is 13.2 Å². The predicted molar refractivity (Wildman–Crippen MR) is 261 cm³/mol. The normalized spacial score (nSPS) is 12.5. The average Bonchev–Trinajstić information content (AvgIpc) is 3.26. The SMILES string of the molecule is CC/C=C\C/C=C\C/C=C\C/C=C\CCCCCCCCCCCCCCC(=O)OCC(COC(=O)CCCCCCCC)OC(=O)CCCCCCC/C=C\CCCCC. The van der Waals surface area contributed by atoms with E-state index >= 15 is 0 Å². The van der Waals surface area contributed by atoms with Gasteiger partial charge in [0.2, 0.25) is 0 Å². The Morgan fingerprint density at radius 2 is 0.639 bits per heavy atom. The van der Waals surface area contributed by atoms with Crippen molar-refractivity contribution in [3.8, 4) is 0 Å². The molecule has 1 atom stereocenters. The fourth-order valence-electron chi connectivity index (χ4n) is 7.13. The molecule has 0 rings (SSSR count). The molecular formula is C55H96O6. The number of hydrogen-bond donors (Lipinski definition) is 0. The molecule has 0 aliphatic carbocycles. The molecule has 0 radical (unpaired) electrons. The third-order valence-electron chi connectivity index (χ3n) is 11.0. The van der Waals surface area contributed by atoms with Crippen molar-refractivity contribution < 1.29 is 28.6 Å². The minimum atomic E-state index is -0.773. The molecular weight excluding hydrogens is 757 g/mol. The van der Waals surface area contributed by atoms with Crippen LogP contribution in [0.2, 0.25) is 0 Å². The molecule has 0 saturated carbocycles. The van der Waals surface area contributed by atoms with Gasteiger partial charge in [-0.15, -0.1) is 0 Å². The van der Waals surface area contributed by atoms with Gasteiger partial charge >= 0.3 is 17.9 Å². The molecule has 61 heavy (non-hydrogen) atoms. The van der Waals surface area contributed by atoms with Crippen molar-refractivity contribution in [3.63, 3.8) is 0 Å². The number of rotatable bonds is 46. The zero-order chi connectivity index (χ0) is 44.4. The average molecular weight is 853 g/mol. The topological polar surface area (TPSA) is 78.9 Å². The minimum Gasteiger partial charge on any atom is -0.462 e. The van der Waals surface area contributed by atoms with Gasteiger partial charge in [0.05, 0.1) is 0 Å². The van der Waals surface area contributed by atoms with Crippen LogP contribution in [-0.4, -0.2) is 37.2 Å². The number of esters is 3. The summed E-state index contributed by atoms with van der Waals surface area (Å²) in [6, 6.07) is 0. The van der Waals surface area contributed by atoms with Crippen LogP contribution in [0.5, 0.6) is 0 Å². The highest BCUT2D eigenvalue weighted by Gasteiger charge is 2.19. The fourth-order valence-corrected chi connectivity index (χ4v) is 7.13. The largest absolute Gasteiger partial charge is 0.462 e. The van der Waals surface area contributed by atoms with Crippen LogP contribution in [0.3, 0.4) is 0 Å². The van der Waals surface area contributed by atoms with E-state index in [9.17, 15) is 14.4 Å².